The van der Waals surface area contributed by atoms with Crippen LogP contribution in [0.25, 0.3) is 21.8 Å². The monoisotopic (exact) mass is 425 g/mol. The first-order chi connectivity index (χ1) is 14.9. The van der Waals surface area contributed by atoms with E-state index in [0.717, 1.165) is 0 Å². The summed E-state index contributed by atoms with van der Waals surface area (Å²) in [5, 5.41) is 11.0. The molecular formula is C21H21F2N7O. The van der Waals surface area contributed by atoms with Crippen molar-refractivity contribution in [2.75, 3.05) is 17.2 Å². The maximum Gasteiger partial charge on any atom is 0.257 e. The van der Waals surface area contributed by atoms with Gasteiger partial charge < -0.3 is 16.4 Å². The molecule has 0 bridgehead atoms. The molecule has 2 aromatic carbocycles. The van der Waals surface area contributed by atoms with Gasteiger partial charge in [-0.3, -0.25) is 9.48 Å². The fourth-order valence-corrected chi connectivity index (χ4v) is 3.31. The van der Waals surface area contributed by atoms with Gasteiger partial charge in [0.25, 0.3) is 5.91 Å². The van der Waals surface area contributed by atoms with Crippen LogP contribution in [-0.4, -0.2) is 38.2 Å². The average Bonchev–Trinajstić information content (AvgIpc) is 3.12. The first-order valence-electron chi connectivity index (χ1n) is 9.64. The van der Waals surface area contributed by atoms with E-state index < -0.39 is 18.4 Å². The van der Waals surface area contributed by atoms with Gasteiger partial charge in [0.1, 0.15) is 12.2 Å². The van der Waals surface area contributed by atoms with Gasteiger partial charge in [0, 0.05) is 54.2 Å². The number of fused-ring (bicyclic) bond motifs is 2. The number of benzene rings is 2. The molecule has 0 spiro atoms. The van der Waals surface area contributed by atoms with Crippen LogP contribution in [-0.2, 0) is 13.7 Å². The van der Waals surface area contributed by atoms with Crippen LogP contribution in [0.15, 0.2) is 36.7 Å². The highest BCUT2D eigenvalue weighted by atomic mass is 19.1. The van der Waals surface area contributed by atoms with E-state index in [0.29, 0.717) is 23.0 Å². The molecule has 0 fully saturated rings. The number of carbonyl (C=O) groups is 1. The number of aryl methyl sites for hydroxylation is 1. The average molecular weight is 425 g/mol. The Balaban J connectivity index is 1.72. The number of alkyl halides is 1. The Hall–Kier alpha value is -3.66. The lowest BCUT2D eigenvalue weighted by Gasteiger charge is -2.14. The highest BCUT2D eigenvalue weighted by molar-refractivity contribution is 6.14. The fourth-order valence-electron chi connectivity index (χ4n) is 3.31. The highest BCUT2D eigenvalue weighted by Crippen LogP contribution is 2.27. The number of nitrogens with zero attached hydrogens (tertiary/aromatic N) is 4. The summed E-state index contributed by atoms with van der Waals surface area (Å²) in [7, 11) is 1.69. The molecule has 0 aliphatic carbocycles. The second-order valence-electron chi connectivity index (χ2n) is 7.35. The van der Waals surface area contributed by atoms with E-state index in [-0.39, 0.29) is 34.2 Å². The minimum absolute atomic E-state index is 0.0336. The summed E-state index contributed by atoms with van der Waals surface area (Å²) in [6.07, 6.45) is 3.13. The van der Waals surface area contributed by atoms with E-state index in [1.54, 1.807) is 31.4 Å². The van der Waals surface area contributed by atoms with E-state index in [9.17, 15) is 13.6 Å². The number of nitrogens with one attached hydrogen (secondary N) is 2. The Bertz CT molecular complexity index is 1290. The van der Waals surface area contributed by atoms with Crippen molar-refractivity contribution in [3.05, 3.63) is 53.9 Å². The van der Waals surface area contributed by atoms with E-state index in [1.807, 2.05) is 6.92 Å². The molecule has 1 atom stereocenters. The van der Waals surface area contributed by atoms with E-state index in [4.69, 9.17) is 5.73 Å². The third kappa shape index (κ3) is 4.15. The minimum atomic E-state index is -0.864. The zero-order chi connectivity index (χ0) is 22.1. The molecule has 31 heavy (non-hydrogen) atoms. The molecule has 10 heteroatoms. The second-order valence-corrected chi connectivity index (χ2v) is 7.35. The van der Waals surface area contributed by atoms with Crippen molar-refractivity contribution in [3.63, 3.8) is 0 Å². The number of aromatic nitrogens is 4. The summed E-state index contributed by atoms with van der Waals surface area (Å²) < 4.78 is 29.0. The van der Waals surface area contributed by atoms with Crippen LogP contribution in [0.2, 0.25) is 0 Å². The van der Waals surface area contributed by atoms with E-state index in [2.05, 4.69) is 25.7 Å². The van der Waals surface area contributed by atoms with Gasteiger partial charge in [0.15, 0.2) is 11.6 Å². The van der Waals surface area contributed by atoms with Crippen LogP contribution in [0.5, 0.6) is 0 Å². The summed E-state index contributed by atoms with van der Waals surface area (Å²) in [5.74, 6) is -1.08. The van der Waals surface area contributed by atoms with Crippen LogP contribution in [0, 0.1) is 5.82 Å². The van der Waals surface area contributed by atoms with Crippen LogP contribution in [0.4, 0.5) is 20.2 Å². The van der Waals surface area contributed by atoms with E-state index >= 15 is 0 Å². The Labute approximate surface area is 176 Å². The molecule has 0 aliphatic heterocycles. The summed E-state index contributed by atoms with van der Waals surface area (Å²) in [5.41, 5.74) is 7.48. The zero-order valence-corrected chi connectivity index (χ0v) is 17.0. The van der Waals surface area contributed by atoms with Crippen LogP contribution in [0.1, 0.15) is 23.1 Å². The van der Waals surface area contributed by atoms with Gasteiger partial charge in [-0.05, 0) is 31.2 Å². The lowest BCUT2D eigenvalue weighted by Crippen LogP contribution is -2.25. The van der Waals surface area contributed by atoms with Crippen molar-refractivity contribution < 1.29 is 13.6 Å². The van der Waals surface area contributed by atoms with Crippen LogP contribution in [0.3, 0.4) is 0 Å². The Kier molecular flexibility index (Phi) is 5.47. The number of rotatable bonds is 6. The number of nitrogens with two attached hydrogens (primary N) is 1. The van der Waals surface area contributed by atoms with Gasteiger partial charge in [-0.15, -0.1) is 0 Å². The number of carbonyl (C=O) groups excluding carboxylic acids is 1. The molecule has 0 saturated carbocycles. The largest absolute Gasteiger partial charge is 0.383 e. The Morgan fingerprint density at radius 1 is 1.29 bits per heavy atom. The first-order valence-corrected chi connectivity index (χ1v) is 9.64. The fraction of sp³-hybridized carbons (Fsp3) is 0.238. The lowest BCUT2D eigenvalue weighted by molar-refractivity contribution is 0.102. The smallest absolute Gasteiger partial charge is 0.257 e. The molecule has 1 amide bonds. The summed E-state index contributed by atoms with van der Waals surface area (Å²) in [4.78, 5) is 21.2. The number of anilines is 2. The standard InChI is InChI=1S/C21H21F2N7O/c1-11(24)8-25-17-4-3-14(20-15(17)9-26-18(7-22)28-20)21(31)27-13-5-12-10-30(2)29-19(12)16(23)6-13/h3-6,9-11,25H,7-8,24H2,1-2H3,(H,27,31)/t11-/m0/s1. The third-order valence-electron chi connectivity index (χ3n) is 4.71. The van der Waals surface area contributed by atoms with Crippen molar-refractivity contribution in [1.82, 2.24) is 19.7 Å². The molecule has 4 N–H and O–H groups in total. The number of hydrogen-bond acceptors (Lipinski definition) is 6. The topological polar surface area (TPSA) is 111 Å². The predicted octanol–water partition coefficient (Wildman–Crippen LogP) is 3.14. The summed E-state index contributed by atoms with van der Waals surface area (Å²) in [6, 6.07) is 6.03. The molecule has 0 aliphatic rings. The quantitative estimate of drug-likeness (QED) is 0.438. The molecule has 8 nitrogen and oxygen atoms in total. The summed E-state index contributed by atoms with van der Waals surface area (Å²) in [6.45, 7) is 1.49. The SMILES string of the molecule is C[C@H](N)CNc1ccc(C(=O)Nc2cc(F)c3nn(C)cc3c2)c2nc(CF)ncc12. The van der Waals surface area contributed by atoms with Crippen molar-refractivity contribution >= 4 is 39.1 Å². The van der Waals surface area contributed by atoms with Gasteiger partial charge in [-0.1, -0.05) is 0 Å². The molecule has 4 rings (SSSR count). The molecule has 2 heterocycles. The zero-order valence-electron chi connectivity index (χ0n) is 17.0. The Morgan fingerprint density at radius 2 is 2.10 bits per heavy atom. The number of amides is 1. The lowest BCUT2D eigenvalue weighted by atomic mass is 10.1. The summed E-state index contributed by atoms with van der Waals surface area (Å²) >= 11 is 0. The van der Waals surface area contributed by atoms with Crippen LogP contribution < -0.4 is 16.4 Å². The first kappa shape index (κ1) is 20.6. The van der Waals surface area contributed by atoms with Crippen molar-refractivity contribution in [2.24, 2.45) is 12.8 Å². The molecule has 0 unspecified atom stereocenters. The van der Waals surface area contributed by atoms with Gasteiger partial charge >= 0.3 is 0 Å². The van der Waals surface area contributed by atoms with Gasteiger partial charge in [-0.2, -0.15) is 5.10 Å². The molecule has 4 aromatic rings. The Morgan fingerprint density at radius 3 is 2.84 bits per heavy atom. The van der Waals surface area contributed by atoms with Crippen molar-refractivity contribution in [2.45, 2.75) is 19.6 Å². The molecular weight excluding hydrogens is 404 g/mol. The van der Waals surface area contributed by atoms with Gasteiger partial charge in [0.2, 0.25) is 0 Å². The maximum absolute atomic E-state index is 14.4. The molecule has 160 valence electrons. The number of hydrogen-bond donors (Lipinski definition) is 3. The highest BCUT2D eigenvalue weighted by Gasteiger charge is 2.17. The van der Waals surface area contributed by atoms with Gasteiger partial charge in [0.05, 0.1) is 11.1 Å². The third-order valence-corrected chi connectivity index (χ3v) is 4.71. The van der Waals surface area contributed by atoms with Crippen molar-refractivity contribution in [3.8, 4) is 0 Å². The second kappa shape index (κ2) is 8.23. The minimum Gasteiger partial charge on any atom is -0.383 e. The van der Waals surface area contributed by atoms with E-state index in [1.165, 1.54) is 16.9 Å². The van der Waals surface area contributed by atoms with Crippen molar-refractivity contribution in [1.29, 1.82) is 0 Å². The van der Waals surface area contributed by atoms with Crippen LogP contribution >= 0.6 is 0 Å². The molecule has 0 radical (unpaired) electrons. The maximum atomic E-state index is 14.4. The van der Waals surface area contributed by atoms with Gasteiger partial charge in [-0.25, -0.2) is 18.7 Å². The number of halogens is 2. The molecule has 0 saturated heterocycles. The predicted molar refractivity (Wildman–Crippen MR) is 115 cm³/mol. The molecule has 2 aromatic heterocycles. The normalized spacial score (nSPS) is 12.3.